The van der Waals surface area contributed by atoms with Crippen LogP contribution in [0.4, 0.5) is 29.5 Å². The molecule has 0 bridgehead atoms. The van der Waals surface area contributed by atoms with Crippen LogP contribution in [-0.2, 0) is 0 Å². The Bertz CT molecular complexity index is 1090. The smallest absolute Gasteiger partial charge is 0.324 e. The maximum Gasteiger partial charge on any atom is 0.324 e. The van der Waals surface area contributed by atoms with E-state index in [9.17, 15) is 18.0 Å². The van der Waals surface area contributed by atoms with Gasteiger partial charge in [-0.05, 0) is 24.3 Å². The molecule has 0 saturated heterocycles. The number of carbonyl (C=O) groups excluding carboxylic acids is 1. The van der Waals surface area contributed by atoms with Gasteiger partial charge in [-0.15, -0.1) is 5.92 Å². The van der Waals surface area contributed by atoms with Gasteiger partial charge >= 0.3 is 6.03 Å². The minimum atomic E-state index is -1.67. The van der Waals surface area contributed by atoms with E-state index in [1.54, 1.807) is 18.2 Å². The molecule has 3 aromatic rings. The van der Waals surface area contributed by atoms with Gasteiger partial charge in [0.2, 0.25) is 0 Å². The van der Waals surface area contributed by atoms with Crippen molar-refractivity contribution in [2.24, 2.45) is 0 Å². The predicted molar refractivity (Wildman–Crippen MR) is 98.6 cm³/mol. The fraction of sp³-hybridized carbons (Fsp3) is 0.158. The number of amides is 2. The summed E-state index contributed by atoms with van der Waals surface area (Å²) >= 11 is 0. The third-order valence-electron chi connectivity index (χ3n) is 3.66. The second-order valence-corrected chi connectivity index (χ2v) is 5.58. The van der Waals surface area contributed by atoms with E-state index in [-0.39, 0.29) is 12.4 Å². The molecule has 0 aliphatic heterocycles. The molecule has 2 amide bonds. The number of urea groups is 1. The van der Waals surface area contributed by atoms with E-state index in [0.717, 1.165) is 12.5 Å². The van der Waals surface area contributed by atoms with Crippen LogP contribution in [0.1, 0.15) is 13.3 Å². The van der Waals surface area contributed by atoms with Crippen molar-refractivity contribution in [1.29, 1.82) is 0 Å². The van der Waals surface area contributed by atoms with E-state index in [2.05, 4.69) is 32.7 Å². The molecular weight excluding hydrogens is 373 g/mol. The zero-order valence-corrected chi connectivity index (χ0v) is 14.7. The SMILES string of the molecule is CCC#CCOc1ccc2c(NC(=O)Nc3ccc(F)c(F)c3F)n[nH]c2c1. The Balaban J connectivity index is 1.70. The largest absolute Gasteiger partial charge is 0.481 e. The highest BCUT2D eigenvalue weighted by atomic mass is 19.2. The summed E-state index contributed by atoms with van der Waals surface area (Å²) in [5.74, 6) is 1.98. The lowest BCUT2D eigenvalue weighted by atomic mass is 10.2. The van der Waals surface area contributed by atoms with Crippen LogP contribution in [0, 0.1) is 29.3 Å². The van der Waals surface area contributed by atoms with Gasteiger partial charge in [-0.1, -0.05) is 12.8 Å². The zero-order valence-electron chi connectivity index (χ0n) is 14.7. The molecule has 0 aliphatic rings. The minimum Gasteiger partial charge on any atom is -0.481 e. The molecule has 0 aliphatic carbocycles. The van der Waals surface area contributed by atoms with E-state index in [1.165, 1.54) is 0 Å². The van der Waals surface area contributed by atoms with Crippen molar-refractivity contribution in [1.82, 2.24) is 10.2 Å². The quantitative estimate of drug-likeness (QED) is 0.457. The Morgan fingerprint density at radius 3 is 2.75 bits per heavy atom. The van der Waals surface area contributed by atoms with Crippen LogP contribution in [0.15, 0.2) is 30.3 Å². The normalized spacial score (nSPS) is 10.3. The van der Waals surface area contributed by atoms with Crippen LogP contribution in [0.5, 0.6) is 5.75 Å². The summed E-state index contributed by atoms with van der Waals surface area (Å²) in [5.41, 5.74) is 0.0929. The van der Waals surface area contributed by atoms with Gasteiger partial charge in [0.05, 0.1) is 11.2 Å². The van der Waals surface area contributed by atoms with Gasteiger partial charge in [0.25, 0.3) is 0 Å². The molecule has 2 aromatic carbocycles. The topological polar surface area (TPSA) is 79.0 Å². The third kappa shape index (κ3) is 4.17. The van der Waals surface area contributed by atoms with Gasteiger partial charge in [-0.25, -0.2) is 18.0 Å². The molecule has 9 heteroatoms. The van der Waals surface area contributed by atoms with Crippen LogP contribution < -0.4 is 15.4 Å². The Morgan fingerprint density at radius 1 is 1.14 bits per heavy atom. The van der Waals surface area contributed by atoms with Crippen molar-refractivity contribution in [2.45, 2.75) is 13.3 Å². The molecular formula is C19H15F3N4O2. The average Bonchev–Trinajstić information content (AvgIpc) is 3.08. The number of carbonyl (C=O) groups is 1. The van der Waals surface area contributed by atoms with E-state index in [1.807, 2.05) is 6.92 Å². The second kappa shape index (κ2) is 8.35. The first-order valence-corrected chi connectivity index (χ1v) is 8.27. The number of hydrogen-bond donors (Lipinski definition) is 3. The molecule has 1 heterocycles. The first kappa shape index (κ1) is 19.1. The van der Waals surface area contributed by atoms with E-state index in [4.69, 9.17) is 4.74 Å². The molecule has 3 rings (SSSR count). The average molecular weight is 388 g/mol. The van der Waals surface area contributed by atoms with Gasteiger partial charge in [-0.3, -0.25) is 10.4 Å². The van der Waals surface area contributed by atoms with Gasteiger partial charge in [-0.2, -0.15) is 5.10 Å². The molecule has 0 spiro atoms. The van der Waals surface area contributed by atoms with E-state index in [0.29, 0.717) is 22.7 Å². The Kier molecular flexibility index (Phi) is 5.69. The molecule has 1 aromatic heterocycles. The fourth-order valence-electron chi connectivity index (χ4n) is 2.36. The lowest BCUT2D eigenvalue weighted by molar-refractivity contribution is 0.262. The number of ether oxygens (including phenoxy) is 1. The van der Waals surface area contributed by atoms with Gasteiger partial charge < -0.3 is 10.1 Å². The Morgan fingerprint density at radius 2 is 1.96 bits per heavy atom. The lowest BCUT2D eigenvalue weighted by Crippen LogP contribution is -2.21. The Labute approximate surface area is 158 Å². The van der Waals surface area contributed by atoms with Crippen molar-refractivity contribution in [2.75, 3.05) is 17.2 Å². The number of halogens is 3. The molecule has 0 fully saturated rings. The first-order chi connectivity index (χ1) is 13.5. The fourth-order valence-corrected chi connectivity index (χ4v) is 2.36. The maximum absolute atomic E-state index is 13.6. The number of aromatic nitrogens is 2. The summed E-state index contributed by atoms with van der Waals surface area (Å²) < 4.78 is 45.3. The number of hydrogen-bond acceptors (Lipinski definition) is 3. The molecule has 144 valence electrons. The number of nitrogens with zero attached hydrogens (tertiary/aromatic N) is 1. The summed E-state index contributed by atoms with van der Waals surface area (Å²) in [6, 6.07) is 5.81. The molecule has 0 saturated carbocycles. The van der Waals surface area contributed by atoms with Crippen molar-refractivity contribution in [3.8, 4) is 17.6 Å². The van der Waals surface area contributed by atoms with Crippen LogP contribution in [0.25, 0.3) is 10.9 Å². The van der Waals surface area contributed by atoms with Gasteiger partial charge in [0, 0.05) is 17.9 Å². The molecule has 0 atom stereocenters. The van der Waals surface area contributed by atoms with Crippen LogP contribution in [0.3, 0.4) is 0 Å². The number of anilines is 2. The highest BCUT2D eigenvalue weighted by Gasteiger charge is 2.16. The zero-order chi connectivity index (χ0) is 20.1. The summed E-state index contributed by atoms with van der Waals surface area (Å²) in [5, 5.41) is 11.8. The van der Waals surface area contributed by atoms with Gasteiger partial charge in [0.15, 0.2) is 23.3 Å². The van der Waals surface area contributed by atoms with Crippen molar-refractivity contribution in [3.63, 3.8) is 0 Å². The standard InChI is InChI=1S/C19H15F3N4O2/c1-2-3-4-9-28-11-5-6-12-15(10-11)25-26-18(12)24-19(27)23-14-8-7-13(20)16(21)17(14)22/h5-8,10H,2,9H2,1H3,(H3,23,24,25,26,27). The first-order valence-electron chi connectivity index (χ1n) is 8.27. The number of nitrogens with one attached hydrogen (secondary N) is 3. The summed E-state index contributed by atoms with van der Waals surface area (Å²) in [4.78, 5) is 12.0. The van der Waals surface area contributed by atoms with E-state index >= 15 is 0 Å². The van der Waals surface area contributed by atoms with Crippen molar-refractivity contribution >= 4 is 28.4 Å². The number of fused-ring (bicyclic) bond motifs is 1. The molecule has 28 heavy (non-hydrogen) atoms. The summed E-state index contributed by atoms with van der Waals surface area (Å²) in [6.45, 7) is 2.19. The highest BCUT2D eigenvalue weighted by Crippen LogP contribution is 2.25. The molecule has 0 unspecified atom stereocenters. The lowest BCUT2D eigenvalue weighted by Gasteiger charge is -2.08. The monoisotopic (exact) mass is 388 g/mol. The van der Waals surface area contributed by atoms with E-state index < -0.39 is 29.2 Å². The van der Waals surface area contributed by atoms with Crippen LogP contribution in [0.2, 0.25) is 0 Å². The number of aromatic amines is 1. The summed E-state index contributed by atoms with van der Waals surface area (Å²) in [7, 11) is 0. The second-order valence-electron chi connectivity index (χ2n) is 5.58. The van der Waals surface area contributed by atoms with Gasteiger partial charge in [0.1, 0.15) is 12.4 Å². The molecule has 6 nitrogen and oxygen atoms in total. The maximum atomic E-state index is 13.6. The molecule has 0 radical (unpaired) electrons. The minimum absolute atomic E-state index is 0.174. The van der Waals surface area contributed by atoms with Crippen LogP contribution >= 0.6 is 0 Å². The highest BCUT2D eigenvalue weighted by molar-refractivity contribution is 6.04. The van der Waals surface area contributed by atoms with Crippen molar-refractivity contribution < 1.29 is 22.7 Å². The number of rotatable bonds is 4. The van der Waals surface area contributed by atoms with Crippen LogP contribution in [-0.4, -0.2) is 22.8 Å². The predicted octanol–water partition coefficient (Wildman–Crippen LogP) is 4.42. The Hall–Kier alpha value is -3.67. The summed E-state index contributed by atoms with van der Waals surface area (Å²) in [6.07, 6.45) is 0.745. The third-order valence-corrected chi connectivity index (χ3v) is 3.66. The number of benzene rings is 2. The van der Waals surface area contributed by atoms with Crippen molar-refractivity contribution in [3.05, 3.63) is 47.8 Å². The number of H-pyrrole nitrogens is 1. The molecule has 3 N–H and O–H groups in total.